The summed E-state index contributed by atoms with van der Waals surface area (Å²) >= 11 is 0. The second kappa shape index (κ2) is 15.3. The van der Waals surface area contributed by atoms with Gasteiger partial charge in [0.25, 0.3) is 0 Å². The number of hydrogen-bond donors (Lipinski definition) is 2. The van der Waals surface area contributed by atoms with E-state index < -0.39 is 11.6 Å². The third-order valence-electron chi connectivity index (χ3n) is 7.63. The number of hydrogen-bond acceptors (Lipinski definition) is 5. The van der Waals surface area contributed by atoms with Gasteiger partial charge < -0.3 is 20.3 Å². The molecule has 1 heterocycles. The topological polar surface area (TPSA) is 88.5 Å². The van der Waals surface area contributed by atoms with Gasteiger partial charge in [-0.3, -0.25) is 4.90 Å². The van der Waals surface area contributed by atoms with Gasteiger partial charge >= 0.3 is 6.03 Å². The van der Waals surface area contributed by atoms with Crippen LogP contribution in [0.25, 0.3) is 0 Å². The number of carbonyl (C=O) groups is 2. The lowest BCUT2D eigenvalue weighted by atomic mass is 9.94. The van der Waals surface area contributed by atoms with Crippen LogP contribution in [-0.2, 0) is 4.79 Å². The van der Waals surface area contributed by atoms with Crippen LogP contribution in [0.1, 0.15) is 44.6 Å². The zero-order chi connectivity index (χ0) is 28.2. The van der Waals surface area contributed by atoms with E-state index in [4.69, 9.17) is 10.1 Å². The number of anilines is 1. The van der Waals surface area contributed by atoms with E-state index in [9.17, 15) is 13.6 Å². The van der Waals surface area contributed by atoms with Crippen molar-refractivity contribution in [2.24, 2.45) is 11.8 Å². The smallest absolute Gasteiger partial charge is 0.320 e. The van der Waals surface area contributed by atoms with E-state index in [0.717, 1.165) is 69.2 Å². The number of benzene rings is 2. The number of amides is 2. The van der Waals surface area contributed by atoms with Crippen molar-refractivity contribution in [2.45, 2.75) is 51.1 Å². The van der Waals surface area contributed by atoms with Crippen molar-refractivity contribution in [2.75, 3.05) is 38.5 Å². The number of carbonyl (C=O) groups excluding carboxylic acids is 2. The molecule has 2 aliphatic carbocycles. The Bertz CT molecular complexity index is 1110. The molecule has 7 nitrogen and oxygen atoms in total. The number of likely N-dealkylation sites (tertiary alicyclic amines) is 1. The Kier molecular flexibility index (Phi) is 11.8. The number of likely N-dealkylation sites (N-methyl/N-ethyl adjacent to an activating group) is 1. The van der Waals surface area contributed by atoms with Gasteiger partial charge in [0, 0.05) is 43.5 Å². The summed E-state index contributed by atoms with van der Waals surface area (Å²) in [5, 5.41) is 14.4. The van der Waals surface area contributed by atoms with Crippen LogP contribution in [0.2, 0.25) is 0 Å². The maximum absolute atomic E-state index is 13.5. The van der Waals surface area contributed by atoms with Crippen LogP contribution in [0, 0.1) is 34.8 Å². The van der Waals surface area contributed by atoms with Gasteiger partial charge in [-0.15, -0.1) is 0 Å². The van der Waals surface area contributed by atoms with E-state index in [-0.39, 0.29) is 12.1 Å². The second-order valence-electron chi connectivity index (χ2n) is 10.3. The molecule has 39 heavy (non-hydrogen) atoms. The molecule has 2 aromatic rings. The summed E-state index contributed by atoms with van der Waals surface area (Å²) in [5.41, 5.74) is 1.01. The first-order chi connectivity index (χ1) is 18.9. The first-order valence-corrected chi connectivity index (χ1v) is 13.7. The number of nitrogens with one attached hydrogen (secondary N) is 2. The quantitative estimate of drug-likeness (QED) is 0.502. The van der Waals surface area contributed by atoms with E-state index in [0.29, 0.717) is 23.8 Å². The summed E-state index contributed by atoms with van der Waals surface area (Å²) in [6, 6.07) is 15.2. The maximum Gasteiger partial charge on any atom is 0.322 e. The fourth-order valence-corrected chi connectivity index (χ4v) is 5.36. The van der Waals surface area contributed by atoms with E-state index in [2.05, 4.69) is 15.5 Å². The fourth-order valence-electron chi connectivity index (χ4n) is 5.36. The molecule has 1 aliphatic heterocycles. The molecule has 2 amide bonds. The molecule has 9 heteroatoms. The molecule has 1 saturated heterocycles. The van der Waals surface area contributed by atoms with Crippen LogP contribution in [0.5, 0.6) is 0 Å². The van der Waals surface area contributed by atoms with Crippen molar-refractivity contribution in [1.82, 2.24) is 15.1 Å². The maximum atomic E-state index is 13.5. The van der Waals surface area contributed by atoms with E-state index >= 15 is 0 Å². The highest BCUT2D eigenvalue weighted by Crippen LogP contribution is 2.50. The Morgan fingerprint density at radius 3 is 2.44 bits per heavy atom. The van der Waals surface area contributed by atoms with Crippen molar-refractivity contribution >= 4 is 18.0 Å². The number of aldehydes is 1. The summed E-state index contributed by atoms with van der Waals surface area (Å²) in [6.07, 6.45) is 6.46. The van der Waals surface area contributed by atoms with Crippen LogP contribution < -0.4 is 10.6 Å². The molecule has 0 bridgehead atoms. The van der Waals surface area contributed by atoms with Gasteiger partial charge in [0.1, 0.15) is 6.29 Å². The summed E-state index contributed by atoms with van der Waals surface area (Å²) in [6.45, 7) is 4.99. The molecule has 3 aliphatic rings. The van der Waals surface area contributed by atoms with Gasteiger partial charge in [0.2, 0.25) is 0 Å². The predicted octanol–water partition coefficient (Wildman–Crippen LogP) is 5.04. The van der Waals surface area contributed by atoms with Crippen LogP contribution >= 0.6 is 0 Å². The Labute approximate surface area is 230 Å². The average molecular weight is 540 g/mol. The predicted molar refractivity (Wildman–Crippen MR) is 148 cm³/mol. The molecule has 0 aromatic heterocycles. The summed E-state index contributed by atoms with van der Waals surface area (Å²) < 4.78 is 26.7. The van der Waals surface area contributed by atoms with Gasteiger partial charge in [-0.1, -0.05) is 18.2 Å². The van der Waals surface area contributed by atoms with Crippen molar-refractivity contribution in [3.8, 4) is 6.07 Å². The molecule has 2 aromatic carbocycles. The van der Waals surface area contributed by atoms with Crippen molar-refractivity contribution in [3.05, 3.63) is 65.7 Å². The molecule has 4 unspecified atom stereocenters. The number of rotatable bonds is 6. The molecule has 4 atom stereocenters. The summed E-state index contributed by atoms with van der Waals surface area (Å²) in [5.74, 6) is -0.229. The van der Waals surface area contributed by atoms with Gasteiger partial charge in [-0.2, -0.15) is 5.26 Å². The first-order valence-electron chi connectivity index (χ1n) is 13.7. The van der Waals surface area contributed by atoms with Crippen molar-refractivity contribution < 1.29 is 18.4 Å². The Morgan fingerprint density at radius 2 is 1.85 bits per heavy atom. The number of halogens is 2. The lowest BCUT2D eigenvalue weighted by Gasteiger charge is -2.35. The molecule has 0 spiro atoms. The fraction of sp³-hybridized carbons (Fsp3) is 0.500. The van der Waals surface area contributed by atoms with Crippen molar-refractivity contribution in [3.63, 3.8) is 0 Å². The zero-order valence-corrected chi connectivity index (χ0v) is 22.8. The molecule has 2 saturated carbocycles. The summed E-state index contributed by atoms with van der Waals surface area (Å²) in [7, 11) is 1.99. The lowest BCUT2D eigenvalue weighted by Crippen LogP contribution is -2.47. The van der Waals surface area contributed by atoms with Gasteiger partial charge in [0.15, 0.2) is 11.6 Å². The highest BCUT2D eigenvalue weighted by molar-refractivity contribution is 5.89. The first kappa shape index (κ1) is 30.2. The summed E-state index contributed by atoms with van der Waals surface area (Å²) in [4.78, 5) is 26.2. The average Bonchev–Trinajstić information content (AvgIpc) is 3.58. The molecule has 0 radical (unpaired) electrons. The highest BCUT2D eigenvalue weighted by atomic mass is 19.2. The van der Waals surface area contributed by atoms with Crippen LogP contribution in [0.15, 0.2) is 48.5 Å². The van der Waals surface area contributed by atoms with E-state index in [1.807, 2.05) is 36.2 Å². The molecule has 2 N–H and O–H groups in total. The van der Waals surface area contributed by atoms with Crippen LogP contribution in [-0.4, -0.2) is 67.4 Å². The van der Waals surface area contributed by atoms with E-state index in [1.165, 1.54) is 25.8 Å². The minimum atomic E-state index is -0.946. The van der Waals surface area contributed by atoms with Gasteiger partial charge in [0.05, 0.1) is 11.6 Å². The van der Waals surface area contributed by atoms with Gasteiger partial charge in [-0.25, -0.2) is 13.6 Å². The SMILES string of the molecule is CC=O.CNC1CCN(CCN(C(=O)Nc2ccc(F)c(F)c2)C2CCC3CC3C2)C1.N#Cc1ccccc1. The van der Waals surface area contributed by atoms with Crippen LogP contribution in [0.4, 0.5) is 19.3 Å². The highest BCUT2D eigenvalue weighted by Gasteiger charge is 2.44. The lowest BCUT2D eigenvalue weighted by molar-refractivity contribution is -0.106. The molecular formula is C30H39F2N5O2. The molecular weight excluding hydrogens is 500 g/mol. The number of urea groups is 1. The zero-order valence-electron chi connectivity index (χ0n) is 22.8. The third kappa shape index (κ3) is 9.41. The normalized spacial score (nSPS) is 23.1. The number of fused-ring (bicyclic) bond motifs is 1. The van der Waals surface area contributed by atoms with Crippen LogP contribution in [0.3, 0.4) is 0 Å². The molecule has 3 fully saturated rings. The molecule has 5 rings (SSSR count). The number of nitrogens with zero attached hydrogens (tertiary/aromatic N) is 3. The monoisotopic (exact) mass is 539 g/mol. The number of nitriles is 1. The van der Waals surface area contributed by atoms with Crippen molar-refractivity contribution in [1.29, 1.82) is 5.26 Å². The standard InChI is InChI=1S/C21H30F2N4O.C7H5N.C2H4O/c1-24-17-6-7-26(13-17)8-9-27(18-4-2-14-10-15(14)11-18)21(28)25-16-3-5-19(22)20(23)12-16;8-6-7-4-2-1-3-5-7;1-2-3/h3,5,12,14-15,17-18,24H,2,4,6-11,13H2,1H3,(H,25,28);1-5H;2H,1H3. The molecule has 210 valence electrons. The minimum Gasteiger partial charge on any atom is -0.320 e. The second-order valence-corrected chi connectivity index (χ2v) is 10.3. The largest absolute Gasteiger partial charge is 0.322 e. The minimum absolute atomic E-state index is 0.209. The third-order valence-corrected chi connectivity index (χ3v) is 7.63. The Morgan fingerprint density at radius 1 is 1.10 bits per heavy atom. The Hall–Kier alpha value is -3.35. The van der Waals surface area contributed by atoms with Gasteiger partial charge in [-0.05, 0) is 88.7 Å². The van der Waals surface area contributed by atoms with E-state index in [1.54, 1.807) is 12.1 Å². The Balaban J connectivity index is 0.000000321.